The molecule has 19 heteroatoms. The molecule has 13 nitrogen and oxygen atoms in total. The molecule has 39 heavy (non-hydrogen) atoms. The fourth-order valence-electron chi connectivity index (χ4n) is 3.53. The van der Waals surface area contributed by atoms with Gasteiger partial charge in [-0.15, -0.1) is 0 Å². The Balaban J connectivity index is 1.62. The monoisotopic (exact) mass is 627 g/mol. The van der Waals surface area contributed by atoms with Crippen LogP contribution < -0.4 is 20.7 Å². The quantitative estimate of drug-likeness (QED) is 0.334. The number of hydrogen-bond acceptors (Lipinski definition) is 9. The number of phenolic OH excluding ortho intramolecular Hbond substituents is 1. The molecule has 0 amide bonds. The van der Waals surface area contributed by atoms with E-state index in [4.69, 9.17) is 27.9 Å². The van der Waals surface area contributed by atoms with E-state index in [0.717, 1.165) is 34.8 Å². The molecule has 3 N–H and O–H groups in total. The predicted molar refractivity (Wildman–Crippen MR) is 134 cm³/mol. The van der Waals surface area contributed by atoms with Crippen molar-refractivity contribution in [2.75, 3.05) is 19.3 Å². The van der Waals surface area contributed by atoms with Gasteiger partial charge in [-0.25, -0.2) is 35.1 Å². The van der Waals surface area contributed by atoms with Crippen LogP contribution in [-0.4, -0.2) is 66.4 Å². The van der Waals surface area contributed by atoms with Gasteiger partial charge < -0.3 is 9.84 Å². The zero-order valence-corrected chi connectivity index (χ0v) is 22.6. The van der Waals surface area contributed by atoms with Crippen LogP contribution in [0, 0.1) is 0 Å². The number of halogens is 4. The molecular formula is C20H17Cl2F2N5O8S2. The third kappa shape index (κ3) is 6.07. The van der Waals surface area contributed by atoms with Crippen LogP contribution in [0.5, 0.6) is 17.2 Å². The van der Waals surface area contributed by atoms with E-state index >= 15 is 0 Å². The van der Waals surface area contributed by atoms with Crippen molar-refractivity contribution in [2.24, 2.45) is 0 Å². The Hall–Kier alpha value is -3.09. The third-order valence-electron chi connectivity index (χ3n) is 5.29. The van der Waals surface area contributed by atoms with Crippen LogP contribution in [0.2, 0.25) is 10.0 Å². The van der Waals surface area contributed by atoms with Crippen LogP contribution >= 0.6 is 23.2 Å². The maximum Gasteiger partial charge on any atom is 0.349 e. The molecule has 1 aromatic heterocycles. The van der Waals surface area contributed by atoms with Crippen molar-refractivity contribution in [3.05, 3.63) is 66.9 Å². The van der Waals surface area contributed by atoms with Crippen molar-refractivity contribution in [1.82, 2.24) is 23.8 Å². The molecule has 1 fully saturated rings. The molecule has 1 aliphatic heterocycles. The average molecular weight is 628 g/mol. The first kappa shape index (κ1) is 28.9. The number of sulfonamides is 2. The number of aromatic nitrogens is 3. The fraction of sp³-hybridized carbons (Fsp3) is 0.250. The largest absolute Gasteiger partial charge is 0.507 e. The van der Waals surface area contributed by atoms with Gasteiger partial charge >= 0.3 is 5.69 Å². The van der Waals surface area contributed by atoms with Crippen LogP contribution in [0.25, 0.3) is 5.69 Å². The Morgan fingerprint density at radius 2 is 1.74 bits per heavy atom. The highest BCUT2D eigenvalue weighted by Crippen LogP contribution is 2.40. The summed E-state index contributed by atoms with van der Waals surface area (Å²) in [5.74, 6) is -0.953. The second-order valence-corrected chi connectivity index (χ2v) is 12.7. The van der Waals surface area contributed by atoms with E-state index in [1.54, 1.807) is 4.98 Å². The number of nitrogens with zero attached hydrogens (tertiary/aromatic N) is 3. The number of alkyl halides is 2. The summed E-state index contributed by atoms with van der Waals surface area (Å²) in [6.45, 7) is -0.324. The van der Waals surface area contributed by atoms with E-state index < -0.39 is 60.1 Å². The number of aromatic amines is 1. The summed E-state index contributed by atoms with van der Waals surface area (Å²) in [5.41, 5.74) is -3.90. The maximum absolute atomic E-state index is 13.1. The van der Waals surface area contributed by atoms with Gasteiger partial charge in [0.25, 0.3) is 12.0 Å². The normalized spacial score (nSPS) is 14.9. The SMILES string of the molecule is CS(=O)(=O)NC1CN(S(=O)(=O)c2cc(Oc3c(Cl)cc(-n4nc(C(F)F)c(=O)[nH]c4=O)cc3Cl)ccc2O)C1. The Kier molecular flexibility index (Phi) is 7.76. The third-order valence-corrected chi connectivity index (χ3v) is 8.47. The Morgan fingerprint density at radius 1 is 1.13 bits per heavy atom. The summed E-state index contributed by atoms with van der Waals surface area (Å²) in [7, 11) is -7.80. The van der Waals surface area contributed by atoms with Crippen LogP contribution in [-0.2, 0) is 20.0 Å². The molecule has 0 atom stereocenters. The van der Waals surface area contributed by atoms with E-state index in [1.807, 2.05) is 0 Å². The van der Waals surface area contributed by atoms with E-state index in [-0.39, 0.29) is 40.3 Å². The summed E-state index contributed by atoms with van der Waals surface area (Å²) in [6.07, 6.45) is -2.33. The highest BCUT2D eigenvalue weighted by molar-refractivity contribution is 7.89. The number of ether oxygens (including phenoxy) is 1. The van der Waals surface area contributed by atoms with E-state index in [0.29, 0.717) is 4.68 Å². The van der Waals surface area contributed by atoms with Gasteiger partial charge in [-0.2, -0.15) is 14.1 Å². The summed E-state index contributed by atoms with van der Waals surface area (Å²) >= 11 is 12.5. The first-order valence-electron chi connectivity index (χ1n) is 10.6. The number of benzene rings is 2. The van der Waals surface area contributed by atoms with Crippen molar-refractivity contribution in [2.45, 2.75) is 17.4 Å². The van der Waals surface area contributed by atoms with Gasteiger partial charge in [0.05, 0.1) is 22.0 Å². The zero-order chi connectivity index (χ0) is 28.9. The van der Waals surface area contributed by atoms with Crippen molar-refractivity contribution < 1.29 is 35.5 Å². The van der Waals surface area contributed by atoms with Crippen molar-refractivity contribution >= 4 is 43.2 Å². The molecule has 2 aromatic carbocycles. The standard InChI is InChI=1S/C20H17Cl2F2N5O8S2/c1-38(33,34)27-9-7-28(8-9)39(35,36)15-6-11(2-3-14(15)30)37-17-12(21)4-10(5-13(17)22)29-20(32)25-19(31)16(26-29)18(23)24/h2-6,9,18,27,30H,7-8H2,1H3,(H,25,31,32). The van der Waals surface area contributed by atoms with Gasteiger partial charge in [0.1, 0.15) is 16.4 Å². The lowest BCUT2D eigenvalue weighted by molar-refractivity contribution is 0.141. The molecule has 0 spiro atoms. The van der Waals surface area contributed by atoms with Crippen molar-refractivity contribution in [1.29, 1.82) is 0 Å². The smallest absolute Gasteiger partial charge is 0.349 e. The Labute approximate surface area is 228 Å². The average Bonchev–Trinajstić information content (AvgIpc) is 2.78. The molecule has 0 saturated carbocycles. The van der Waals surface area contributed by atoms with E-state index in [2.05, 4.69) is 9.82 Å². The minimum atomic E-state index is -4.25. The van der Waals surface area contributed by atoms with Gasteiger partial charge in [0.2, 0.25) is 20.0 Å². The lowest BCUT2D eigenvalue weighted by Gasteiger charge is -2.37. The highest BCUT2D eigenvalue weighted by atomic mass is 35.5. The maximum atomic E-state index is 13.1. The van der Waals surface area contributed by atoms with E-state index in [9.17, 15) is 40.3 Å². The van der Waals surface area contributed by atoms with Gasteiger partial charge in [-0.05, 0) is 24.3 Å². The predicted octanol–water partition coefficient (Wildman–Crippen LogP) is 1.59. The zero-order valence-electron chi connectivity index (χ0n) is 19.4. The van der Waals surface area contributed by atoms with Crippen molar-refractivity contribution in [3.8, 4) is 22.9 Å². The van der Waals surface area contributed by atoms with Gasteiger partial charge in [0, 0.05) is 25.2 Å². The highest BCUT2D eigenvalue weighted by Gasteiger charge is 2.39. The molecule has 0 unspecified atom stereocenters. The lowest BCUT2D eigenvalue weighted by Crippen LogP contribution is -2.60. The first-order valence-corrected chi connectivity index (χ1v) is 14.6. The number of phenols is 1. The molecule has 1 saturated heterocycles. The molecule has 2 heterocycles. The number of hydrogen-bond donors (Lipinski definition) is 3. The van der Waals surface area contributed by atoms with Gasteiger partial charge in [-0.3, -0.25) is 9.78 Å². The molecular weight excluding hydrogens is 611 g/mol. The summed E-state index contributed by atoms with van der Waals surface area (Å²) in [5, 5.41) is 13.1. The second kappa shape index (κ2) is 10.5. The topological polar surface area (TPSA) is 181 Å². The molecule has 0 aliphatic carbocycles. The molecule has 0 bridgehead atoms. The second-order valence-electron chi connectivity index (χ2n) is 8.24. The summed E-state index contributed by atoms with van der Waals surface area (Å²) in [6, 6.07) is 4.77. The fourth-order valence-corrected chi connectivity index (χ4v) is 6.47. The Bertz CT molecular complexity index is 1770. The molecule has 3 aromatic rings. The number of nitrogens with one attached hydrogen (secondary N) is 2. The molecule has 4 rings (SSSR count). The van der Waals surface area contributed by atoms with E-state index in [1.165, 1.54) is 6.07 Å². The number of H-pyrrole nitrogens is 1. The van der Waals surface area contributed by atoms with Crippen LogP contribution in [0.3, 0.4) is 0 Å². The van der Waals surface area contributed by atoms with Crippen LogP contribution in [0.15, 0.2) is 44.8 Å². The van der Waals surface area contributed by atoms with Gasteiger partial charge in [-0.1, -0.05) is 23.2 Å². The number of rotatable bonds is 8. The summed E-state index contributed by atoms with van der Waals surface area (Å²) in [4.78, 5) is 24.8. The minimum Gasteiger partial charge on any atom is -0.507 e. The lowest BCUT2D eigenvalue weighted by atomic mass is 10.2. The van der Waals surface area contributed by atoms with Crippen LogP contribution in [0.1, 0.15) is 12.1 Å². The molecule has 0 radical (unpaired) electrons. The number of aromatic hydroxyl groups is 1. The van der Waals surface area contributed by atoms with Crippen molar-refractivity contribution in [3.63, 3.8) is 0 Å². The van der Waals surface area contributed by atoms with Crippen LogP contribution in [0.4, 0.5) is 8.78 Å². The van der Waals surface area contributed by atoms with Gasteiger partial charge in [0.15, 0.2) is 11.4 Å². The minimum absolute atomic E-state index is 0.131. The first-order chi connectivity index (χ1) is 18.1. The Morgan fingerprint density at radius 3 is 2.31 bits per heavy atom. The molecule has 210 valence electrons. The summed E-state index contributed by atoms with van der Waals surface area (Å²) < 4.78 is 84.1. The molecule has 1 aliphatic rings.